The summed E-state index contributed by atoms with van der Waals surface area (Å²) < 4.78 is 5.56. The number of rotatable bonds is 5. The van der Waals surface area contributed by atoms with E-state index in [4.69, 9.17) is 22.1 Å². The molecular formula is C20H18ClN3O2. The maximum atomic E-state index is 10.5. The third-order valence-corrected chi connectivity index (χ3v) is 3.92. The van der Waals surface area contributed by atoms with Crippen LogP contribution in [0.1, 0.15) is 6.92 Å². The highest BCUT2D eigenvalue weighted by atomic mass is 35.5. The van der Waals surface area contributed by atoms with Gasteiger partial charge in [0.05, 0.1) is 5.69 Å². The Balaban J connectivity index is 2.04. The number of aromatic hydroxyl groups is 1. The van der Waals surface area contributed by atoms with Crippen molar-refractivity contribution in [3.8, 4) is 33.9 Å². The summed E-state index contributed by atoms with van der Waals surface area (Å²) in [4.78, 5) is 8.40. The first-order valence-electron chi connectivity index (χ1n) is 7.93. The second-order valence-electron chi connectivity index (χ2n) is 5.92. The molecule has 0 saturated heterocycles. The van der Waals surface area contributed by atoms with Crippen molar-refractivity contribution in [1.82, 2.24) is 9.97 Å². The molecule has 0 atom stereocenters. The van der Waals surface area contributed by atoms with Crippen LogP contribution in [0.15, 0.2) is 60.8 Å². The van der Waals surface area contributed by atoms with Crippen molar-refractivity contribution >= 4 is 17.5 Å². The lowest BCUT2D eigenvalue weighted by atomic mass is 10.00. The molecule has 0 aliphatic carbocycles. The molecule has 0 amide bonds. The predicted molar refractivity (Wildman–Crippen MR) is 104 cm³/mol. The SMILES string of the molecule is C=C(C)COc1ccc(-c2nc(N)ncc2-c2ccc(Cl)cc2)c(O)c1. The molecule has 0 radical (unpaired) electrons. The number of anilines is 1. The van der Waals surface area contributed by atoms with Gasteiger partial charge < -0.3 is 15.6 Å². The number of halogens is 1. The van der Waals surface area contributed by atoms with Gasteiger partial charge in [0.1, 0.15) is 18.1 Å². The monoisotopic (exact) mass is 367 g/mol. The van der Waals surface area contributed by atoms with Crippen LogP contribution in [0.2, 0.25) is 5.02 Å². The van der Waals surface area contributed by atoms with Crippen molar-refractivity contribution in [2.24, 2.45) is 0 Å². The fraction of sp³-hybridized carbons (Fsp3) is 0.100. The normalized spacial score (nSPS) is 10.5. The van der Waals surface area contributed by atoms with Gasteiger partial charge in [-0.25, -0.2) is 9.97 Å². The van der Waals surface area contributed by atoms with Gasteiger partial charge in [-0.1, -0.05) is 30.3 Å². The van der Waals surface area contributed by atoms with Gasteiger partial charge in [-0.05, 0) is 42.3 Å². The van der Waals surface area contributed by atoms with Gasteiger partial charge in [-0.3, -0.25) is 0 Å². The molecule has 132 valence electrons. The van der Waals surface area contributed by atoms with Crippen LogP contribution < -0.4 is 10.5 Å². The van der Waals surface area contributed by atoms with Crippen molar-refractivity contribution in [1.29, 1.82) is 0 Å². The summed E-state index contributed by atoms with van der Waals surface area (Å²) in [6, 6.07) is 12.3. The van der Waals surface area contributed by atoms with Crippen LogP contribution >= 0.6 is 11.6 Å². The quantitative estimate of drug-likeness (QED) is 0.638. The van der Waals surface area contributed by atoms with Crippen LogP contribution in [0, 0.1) is 0 Å². The van der Waals surface area contributed by atoms with E-state index in [2.05, 4.69) is 16.5 Å². The van der Waals surface area contributed by atoms with Crippen molar-refractivity contribution in [3.63, 3.8) is 0 Å². The number of phenols is 1. The van der Waals surface area contributed by atoms with Crippen molar-refractivity contribution < 1.29 is 9.84 Å². The van der Waals surface area contributed by atoms with Crippen molar-refractivity contribution in [2.45, 2.75) is 6.92 Å². The molecule has 1 aromatic heterocycles. The highest BCUT2D eigenvalue weighted by Gasteiger charge is 2.15. The zero-order valence-corrected chi connectivity index (χ0v) is 15.0. The number of aromatic nitrogens is 2. The van der Waals surface area contributed by atoms with Gasteiger partial charge in [0.25, 0.3) is 0 Å². The second-order valence-corrected chi connectivity index (χ2v) is 6.36. The van der Waals surface area contributed by atoms with Gasteiger partial charge in [0.2, 0.25) is 5.95 Å². The number of phenolic OH excluding ortho intramolecular Hbond substituents is 1. The lowest BCUT2D eigenvalue weighted by molar-refractivity contribution is 0.350. The number of nitrogen functional groups attached to an aromatic ring is 1. The Hall–Kier alpha value is -3.05. The molecule has 3 N–H and O–H groups in total. The van der Waals surface area contributed by atoms with Gasteiger partial charge >= 0.3 is 0 Å². The summed E-state index contributed by atoms with van der Waals surface area (Å²) >= 11 is 5.96. The molecule has 0 aliphatic heterocycles. The maximum Gasteiger partial charge on any atom is 0.220 e. The van der Waals surface area contributed by atoms with Crippen molar-refractivity contribution in [3.05, 3.63) is 65.8 Å². The Labute approximate surface area is 156 Å². The lowest BCUT2D eigenvalue weighted by Crippen LogP contribution is -2.00. The number of nitrogens with zero attached hydrogens (tertiary/aromatic N) is 2. The van der Waals surface area contributed by atoms with E-state index in [9.17, 15) is 5.11 Å². The largest absolute Gasteiger partial charge is 0.507 e. The van der Waals surface area contributed by atoms with Gasteiger partial charge in [-0.15, -0.1) is 0 Å². The zero-order chi connectivity index (χ0) is 18.7. The van der Waals surface area contributed by atoms with Crippen LogP contribution in [0.3, 0.4) is 0 Å². The fourth-order valence-corrected chi connectivity index (χ4v) is 2.58. The summed E-state index contributed by atoms with van der Waals surface area (Å²) in [6.07, 6.45) is 1.63. The first kappa shape index (κ1) is 17.8. The van der Waals surface area contributed by atoms with E-state index >= 15 is 0 Å². The minimum atomic E-state index is 0.0394. The van der Waals surface area contributed by atoms with Gasteiger partial charge in [-0.2, -0.15) is 0 Å². The average molecular weight is 368 g/mol. The van der Waals surface area contributed by atoms with E-state index in [0.717, 1.165) is 16.7 Å². The van der Waals surface area contributed by atoms with Crippen LogP contribution in [0.25, 0.3) is 22.4 Å². The molecule has 0 saturated carbocycles. The van der Waals surface area contributed by atoms with E-state index in [1.165, 1.54) is 0 Å². The number of ether oxygens (including phenoxy) is 1. The number of hydrogen-bond donors (Lipinski definition) is 2. The molecule has 26 heavy (non-hydrogen) atoms. The molecule has 0 bridgehead atoms. The Bertz CT molecular complexity index is 956. The highest BCUT2D eigenvalue weighted by Crippen LogP contribution is 2.37. The van der Waals surface area contributed by atoms with E-state index in [1.54, 1.807) is 36.5 Å². The molecule has 1 heterocycles. The number of nitrogens with two attached hydrogens (primary N) is 1. The lowest BCUT2D eigenvalue weighted by Gasteiger charge is -2.12. The summed E-state index contributed by atoms with van der Waals surface area (Å²) in [5.41, 5.74) is 9.33. The molecule has 3 rings (SSSR count). The number of hydrogen-bond acceptors (Lipinski definition) is 5. The third kappa shape index (κ3) is 3.95. The highest BCUT2D eigenvalue weighted by molar-refractivity contribution is 6.30. The predicted octanol–water partition coefficient (Wildman–Crippen LogP) is 4.71. The summed E-state index contributed by atoms with van der Waals surface area (Å²) in [5.74, 6) is 0.710. The molecule has 5 nitrogen and oxygen atoms in total. The Morgan fingerprint density at radius 1 is 1.19 bits per heavy atom. The molecular weight excluding hydrogens is 350 g/mol. The smallest absolute Gasteiger partial charge is 0.220 e. The van der Waals surface area contributed by atoms with Crippen LogP contribution in [-0.4, -0.2) is 21.7 Å². The van der Waals surface area contributed by atoms with E-state index in [1.807, 2.05) is 19.1 Å². The molecule has 0 unspecified atom stereocenters. The Morgan fingerprint density at radius 3 is 2.58 bits per heavy atom. The van der Waals surface area contributed by atoms with Gasteiger partial charge in [0.15, 0.2) is 0 Å². The minimum absolute atomic E-state index is 0.0394. The van der Waals surface area contributed by atoms with E-state index in [-0.39, 0.29) is 11.7 Å². The fourth-order valence-electron chi connectivity index (χ4n) is 2.45. The second kappa shape index (κ2) is 7.45. The van der Waals surface area contributed by atoms with E-state index in [0.29, 0.717) is 28.6 Å². The molecule has 3 aromatic rings. The van der Waals surface area contributed by atoms with Crippen LogP contribution in [-0.2, 0) is 0 Å². The average Bonchev–Trinajstić information content (AvgIpc) is 2.61. The summed E-state index contributed by atoms with van der Waals surface area (Å²) in [5, 5.41) is 11.1. The summed E-state index contributed by atoms with van der Waals surface area (Å²) in [7, 11) is 0. The zero-order valence-electron chi connectivity index (χ0n) is 14.2. The minimum Gasteiger partial charge on any atom is -0.507 e. The summed E-state index contributed by atoms with van der Waals surface area (Å²) in [6.45, 7) is 6.05. The van der Waals surface area contributed by atoms with Crippen LogP contribution in [0.4, 0.5) is 5.95 Å². The van der Waals surface area contributed by atoms with Crippen LogP contribution in [0.5, 0.6) is 11.5 Å². The van der Waals surface area contributed by atoms with Crippen molar-refractivity contribution in [2.75, 3.05) is 12.3 Å². The maximum absolute atomic E-state index is 10.5. The molecule has 2 aromatic carbocycles. The molecule has 6 heteroatoms. The molecule has 0 aliphatic rings. The first-order valence-corrected chi connectivity index (χ1v) is 8.31. The molecule has 0 fully saturated rings. The number of benzene rings is 2. The Morgan fingerprint density at radius 2 is 1.92 bits per heavy atom. The third-order valence-electron chi connectivity index (χ3n) is 3.67. The molecule has 0 spiro atoms. The first-order chi connectivity index (χ1) is 12.4. The van der Waals surface area contributed by atoms with Gasteiger partial charge in [0, 0.05) is 28.4 Å². The van der Waals surface area contributed by atoms with E-state index < -0.39 is 0 Å². The standard InChI is InChI=1S/C20H18ClN3O2/c1-12(2)11-26-15-7-8-16(18(25)9-15)19-17(10-23-20(22)24-19)13-3-5-14(21)6-4-13/h3-10,25H,1,11H2,2H3,(H2,22,23,24). The topological polar surface area (TPSA) is 81.3 Å². The Kier molecular flexibility index (Phi) is 5.09.